The highest BCUT2D eigenvalue weighted by Crippen LogP contribution is 2.14. The number of ether oxygens (including phenoxy) is 1. The molecule has 0 spiro atoms. The third kappa shape index (κ3) is 6.41. The molecule has 2 unspecified atom stereocenters. The maximum Gasteiger partial charge on any atom is 0.245 e. The van der Waals surface area contributed by atoms with E-state index >= 15 is 0 Å². The van der Waals surface area contributed by atoms with Crippen molar-refractivity contribution in [1.29, 1.82) is 5.26 Å². The van der Waals surface area contributed by atoms with Gasteiger partial charge in [0.15, 0.2) is 11.7 Å². The van der Waals surface area contributed by atoms with Gasteiger partial charge in [0.1, 0.15) is 5.75 Å². The lowest BCUT2D eigenvalue weighted by atomic mass is 9.93. The van der Waals surface area contributed by atoms with Crippen molar-refractivity contribution in [3.05, 3.63) is 29.8 Å². The zero-order chi connectivity index (χ0) is 17.9. The largest absolute Gasteiger partial charge is 0.497 e. The fourth-order valence-corrected chi connectivity index (χ4v) is 2.56. The lowest BCUT2D eigenvalue weighted by Gasteiger charge is -2.13. The maximum absolute atomic E-state index is 12.1. The fraction of sp³-hybridized carbons (Fsp3) is 0.526. The highest BCUT2D eigenvalue weighted by molar-refractivity contribution is 6.03. The lowest BCUT2D eigenvalue weighted by Crippen LogP contribution is -2.36. The first kappa shape index (κ1) is 19.7. The molecule has 1 aromatic rings. The molecule has 0 heterocycles. The minimum absolute atomic E-state index is 0.199. The first-order valence-electron chi connectivity index (χ1n) is 8.34. The number of rotatable bonds is 10. The quantitative estimate of drug-likeness (QED) is 0.669. The normalized spacial score (nSPS) is 12.8. The zero-order valence-corrected chi connectivity index (χ0v) is 14.7. The average molecular weight is 330 g/mol. The van der Waals surface area contributed by atoms with Crippen molar-refractivity contribution in [3.63, 3.8) is 0 Å². The summed E-state index contributed by atoms with van der Waals surface area (Å²) in [5, 5.41) is 11.8. The second-order valence-corrected chi connectivity index (χ2v) is 6.02. The van der Waals surface area contributed by atoms with E-state index in [2.05, 4.69) is 12.2 Å². The Labute approximate surface area is 144 Å². The summed E-state index contributed by atoms with van der Waals surface area (Å²) in [6, 6.07) is 9.39. The van der Waals surface area contributed by atoms with E-state index < -0.39 is 11.8 Å². The van der Waals surface area contributed by atoms with Gasteiger partial charge in [0, 0.05) is 13.0 Å². The smallest absolute Gasteiger partial charge is 0.245 e. The molecule has 2 atom stereocenters. The molecule has 5 nitrogen and oxygen atoms in total. The van der Waals surface area contributed by atoms with Gasteiger partial charge in [-0.2, -0.15) is 5.26 Å². The molecular formula is C19H26N2O3. The summed E-state index contributed by atoms with van der Waals surface area (Å²) >= 11 is 0. The molecule has 0 aliphatic rings. The molecule has 1 amide bonds. The number of carbonyl (C=O) groups excluding carboxylic acids is 2. The predicted octanol–water partition coefficient (Wildman–Crippen LogP) is 2.89. The molecule has 0 aliphatic carbocycles. The molecule has 5 heteroatoms. The molecule has 1 aromatic carbocycles. The number of benzene rings is 1. The monoisotopic (exact) mass is 330 g/mol. The molecule has 0 aliphatic heterocycles. The summed E-state index contributed by atoms with van der Waals surface area (Å²) < 4.78 is 5.09. The number of amides is 1. The van der Waals surface area contributed by atoms with Gasteiger partial charge in [0.2, 0.25) is 5.91 Å². The number of nitrogens with one attached hydrogen (secondary N) is 1. The van der Waals surface area contributed by atoms with Crippen LogP contribution in [0.15, 0.2) is 24.3 Å². The van der Waals surface area contributed by atoms with E-state index in [9.17, 15) is 9.59 Å². The molecular weight excluding hydrogens is 304 g/mol. The number of ketones is 1. The zero-order valence-electron chi connectivity index (χ0n) is 14.7. The Balaban J connectivity index is 2.46. The van der Waals surface area contributed by atoms with Crippen molar-refractivity contribution >= 4 is 11.7 Å². The summed E-state index contributed by atoms with van der Waals surface area (Å²) in [5.41, 5.74) is 1.05. The Hall–Kier alpha value is -2.35. The van der Waals surface area contributed by atoms with E-state index in [1.54, 1.807) is 7.11 Å². The third-order valence-electron chi connectivity index (χ3n) is 3.92. The van der Waals surface area contributed by atoms with E-state index in [-0.39, 0.29) is 18.1 Å². The second kappa shape index (κ2) is 10.4. The highest BCUT2D eigenvalue weighted by atomic mass is 16.5. The number of hydrogen-bond donors (Lipinski definition) is 1. The van der Waals surface area contributed by atoms with Gasteiger partial charge in [-0.05, 0) is 30.0 Å². The van der Waals surface area contributed by atoms with Crippen LogP contribution in [0, 0.1) is 23.2 Å². The van der Waals surface area contributed by atoms with Crippen LogP contribution < -0.4 is 10.1 Å². The molecule has 24 heavy (non-hydrogen) atoms. The summed E-state index contributed by atoms with van der Waals surface area (Å²) in [4.78, 5) is 24.2. The van der Waals surface area contributed by atoms with Crippen LogP contribution in [0.25, 0.3) is 0 Å². The molecule has 0 saturated carbocycles. The predicted molar refractivity (Wildman–Crippen MR) is 92.5 cm³/mol. The Kier molecular flexibility index (Phi) is 8.56. The number of methoxy groups -OCH3 is 1. The Morgan fingerprint density at radius 1 is 1.29 bits per heavy atom. The van der Waals surface area contributed by atoms with Crippen LogP contribution in [-0.2, 0) is 16.0 Å². The molecule has 0 bridgehead atoms. The van der Waals surface area contributed by atoms with Crippen LogP contribution in [0.1, 0.15) is 38.7 Å². The average Bonchev–Trinajstić information content (AvgIpc) is 2.56. The Morgan fingerprint density at radius 3 is 2.50 bits per heavy atom. The summed E-state index contributed by atoms with van der Waals surface area (Å²) in [6.45, 7) is 4.41. The van der Waals surface area contributed by atoms with Crippen LogP contribution in [0.4, 0.5) is 0 Å². The van der Waals surface area contributed by atoms with E-state index in [1.807, 2.05) is 37.3 Å². The van der Waals surface area contributed by atoms with Gasteiger partial charge in [-0.25, -0.2) is 0 Å². The summed E-state index contributed by atoms with van der Waals surface area (Å²) in [7, 11) is 1.61. The van der Waals surface area contributed by atoms with Gasteiger partial charge < -0.3 is 10.1 Å². The van der Waals surface area contributed by atoms with Crippen molar-refractivity contribution in [1.82, 2.24) is 5.32 Å². The van der Waals surface area contributed by atoms with E-state index in [0.29, 0.717) is 13.0 Å². The minimum Gasteiger partial charge on any atom is -0.497 e. The van der Waals surface area contributed by atoms with Gasteiger partial charge in [-0.3, -0.25) is 9.59 Å². The van der Waals surface area contributed by atoms with E-state index in [1.165, 1.54) is 0 Å². The first-order valence-corrected chi connectivity index (χ1v) is 8.34. The summed E-state index contributed by atoms with van der Waals surface area (Å²) in [5.74, 6) is -1.02. The fourth-order valence-electron chi connectivity index (χ4n) is 2.56. The van der Waals surface area contributed by atoms with Crippen LogP contribution in [0.3, 0.4) is 0 Å². The molecule has 0 aromatic heterocycles. The molecule has 1 rings (SSSR count). The van der Waals surface area contributed by atoms with Crippen molar-refractivity contribution < 1.29 is 14.3 Å². The number of carbonyl (C=O) groups is 2. The van der Waals surface area contributed by atoms with Gasteiger partial charge in [0.05, 0.1) is 13.2 Å². The van der Waals surface area contributed by atoms with Crippen molar-refractivity contribution in [2.24, 2.45) is 11.8 Å². The van der Waals surface area contributed by atoms with Crippen molar-refractivity contribution in [3.8, 4) is 11.8 Å². The third-order valence-corrected chi connectivity index (χ3v) is 3.92. The number of nitrogens with zero attached hydrogens (tertiary/aromatic N) is 1. The Morgan fingerprint density at radius 2 is 1.96 bits per heavy atom. The van der Waals surface area contributed by atoms with Crippen LogP contribution in [0.2, 0.25) is 0 Å². The van der Waals surface area contributed by atoms with E-state index in [4.69, 9.17) is 10.00 Å². The molecule has 130 valence electrons. The van der Waals surface area contributed by atoms with Crippen LogP contribution in [-0.4, -0.2) is 25.3 Å². The maximum atomic E-state index is 12.1. The second-order valence-electron chi connectivity index (χ2n) is 6.02. The van der Waals surface area contributed by atoms with Gasteiger partial charge in [0.25, 0.3) is 0 Å². The standard InChI is InChI=1S/C19H26N2O3/c1-4-5-14(2)12-18(22)17(13-20)19(23)21-11-10-15-6-8-16(24-3)9-7-15/h6-9,14,17H,4-5,10-12H2,1-3H3,(H,21,23). The molecule has 1 N–H and O–H groups in total. The SMILES string of the molecule is CCCC(C)CC(=O)C(C#N)C(=O)NCCc1ccc(OC)cc1. The lowest BCUT2D eigenvalue weighted by molar-refractivity contribution is -0.132. The van der Waals surface area contributed by atoms with Crippen LogP contribution >= 0.6 is 0 Å². The van der Waals surface area contributed by atoms with Crippen molar-refractivity contribution in [2.75, 3.05) is 13.7 Å². The number of nitriles is 1. The number of hydrogen-bond acceptors (Lipinski definition) is 4. The highest BCUT2D eigenvalue weighted by Gasteiger charge is 2.26. The van der Waals surface area contributed by atoms with Gasteiger partial charge >= 0.3 is 0 Å². The summed E-state index contributed by atoms with van der Waals surface area (Å²) in [6.07, 6.45) is 2.81. The topological polar surface area (TPSA) is 79.2 Å². The number of Topliss-reactive ketones (excluding diaryl/α,β-unsaturated/α-hetero) is 1. The van der Waals surface area contributed by atoms with Crippen LogP contribution in [0.5, 0.6) is 5.75 Å². The molecule has 0 radical (unpaired) electrons. The minimum atomic E-state index is -1.21. The first-order chi connectivity index (χ1) is 11.5. The molecule has 0 saturated heterocycles. The van der Waals surface area contributed by atoms with Gasteiger partial charge in [-0.1, -0.05) is 38.8 Å². The molecule has 0 fully saturated rings. The Bertz CT molecular complexity index is 575. The van der Waals surface area contributed by atoms with E-state index in [0.717, 1.165) is 24.2 Å². The van der Waals surface area contributed by atoms with Gasteiger partial charge in [-0.15, -0.1) is 0 Å². The van der Waals surface area contributed by atoms with Crippen molar-refractivity contribution in [2.45, 2.75) is 39.5 Å².